The van der Waals surface area contributed by atoms with Crippen molar-refractivity contribution >= 4 is 21.6 Å². The first-order valence-corrected chi connectivity index (χ1v) is 10.5. The standard InChI is InChI=1S/C21H24O5S/c1-4-17-7-9-18(10-8-17)21(23)16(3)26-20(22)13-14-27(24,25)19-11-5-15(2)6-12-19/h5-12,16H,4,13-14H2,1-3H3/t16-/m1/s1. The Bertz CT molecular complexity index is 897. The summed E-state index contributed by atoms with van der Waals surface area (Å²) in [6.45, 7) is 5.37. The summed E-state index contributed by atoms with van der Waals surface area (Å²) in [6, 6.07) is 13.6. The molecule has 27 heavy (non-hydrogen) atoms. The van der Waals surface area contributed by atoms with Crippen molar-refractivity contribution in [3.8, 4) is 0 Å². The number of rotatable bonds is 8. The highest BCUT2D eigenvalue weighted by molar-refractivity contribution is 7.91. The van der Waals surface area contributed by atoms with Gasteiger partial charge in [-0.25, -0.2) is 8.42 Å². The molecule has 0 spiro atoms. The lowest BCUT2D eigenvalue weighted by atomic mass is 10.0. The maximum atomic E-state index is 12.3. The van der Waals surface area contributed by atoms with Crippen LogP contribution < -0.4 is 0 Å². The molecule has 2 aromatic carbocycles. The van der Waals surface area contributed by atoms with E-state index in [-0.39, 0.29) is 22.9 Å². The molecule has 0 aliphatic rings. The molecule has 0 aromatic heterocycles. The van der Waals surface area contributed by atoms with Crippen LogP contribution in [0, 0.1) is 6.92 Å². The maximum Gasteiger partial charge on any atom is 0.307 e. The van der Waals surface area contributed by atoms with Crippen molar-refractivity contribution in [3.05, 3.63) is 65.2 Å². The van der Waals surface area contributed by atoms with E-state index < -0.39 is 21.9 Å². The lowest BCUT2D eigenvalue weighted by Crippen LogP contribution is -2.25. The van der Waals surface area contributed by atoms with Crippen LogP contribution in [0.4, 0.5) is 0 Å². The molecular weight excluding hydrogens is 364 g/mol. The Balaban J connectivity index is 1.92. The van der Waals surface area contributed by atoms with Gasteiger partial charge in [0.2, 0.25) is 5.78 Å². The van der Waals surface area contributed by atoms with Crippen LogP contribution in [-0.4, -0.2) is 32.0 Å². The molecule has 0 aliphatic carbocycles. The molecule has 1 atom stereocenters. The van der Waals surface area contributed by atoms with Gasteiger partial charge in [0.1, 0.15) is 0 Å². The Morgan fingerprint density at radius 2 is 1.59 bits per heavy atom. The Hall–Kier alpha value is -2.47. The molecule has 0 bridgehead atoms. The number of hydrogen-bond donors (Lipinski definition) is 0. The van der Waals surface area contributed by atoms with Crippen LogP contribution >= 0.6 is 0 Å². The second kappa shape index (κ2) is 8.95. The van der Waals surface area contributed by atoms with Crippen molar-refractivity contribution in [2.75, 3.05) is 5.75 Å². The van der Waals surface area contributed by atoms with Gasteiger partial charge in [-0.3, -0.25) is 9.59 Å². The summed E-state index contributed by atoms with van der Waals surface area (Å²) in [5.74, 6) is -1.38. The SMILES string of the molecule is CCc1ccc(C(=O)[C@@H](C)OC(=O)CCS(=O)(=O)c2ccc(C)cc2)cc1. The number of ketones is 1. The Labute approximate surface area is 160 Å². The molecule has 0 aliphatic heterocycles. The van der Waals surface area contributed by atoms with Crippen molar-refractivity contribution < 1.29 is 22.7 Å². The number of ether oxygens (including phenoxy) is 1. The average Bonchev–Trinajstić information content (AvgIpc) is 2.66. The minimum Gasteiger partial charge on any atom is -0.454 e. The van der Waals surface area contributed by atoms with E-state index in [4.69, 9.17) is 4.74 Å². The van der Waals surface area contributed by atoms with Crippen LogP contribution in [0.3, 0.4) is 0 Å². The highest BCUT2D eigenvalue weighted by Gasteiger charge is 2.22. The zero-order valence-electron chi connectivity index (χ0n) is 15.8. The van der Waals surface area contributed by atoms with Crippen LogP contribution in [0.2, 0.25) is 0 Å². The van der Waals surface area contributed by atoms with Crippen LogP contribution in [0.1, 0.15) is 41.8 Å². The van der Waals surface area contributed by atoms with Crippen molar-refractivity contribution in [1.82, 2.24) is 0 Å². The Morgan fingerprint density at radius 3 is 2.15 bits per heavy atom. The van der Waals surface area contributed by atoms with E-state index in [9.17, 15) is 18.0 Å². The van der Waals surface area contributed by atoms with Gasteiger partial charge < -0.3 is 4.74 Å². The number of carbonyl (C=O) groups excluding carboxylic acids is 2. The molecule has 2 rings (SSSR count). The maximum absolute atomic E-state index is 12.3. The summed E-state index contributed by atoms with van der Waals surface area (Å²) in [4.78, 5) is 24.5. The van der Waals surface area contributed by atoms with Crippen LogP contribution in [0.15, 0.2) is 53.4 Å². The summed E-state index contributed by atoms with van der Waals surface area (Å²) < 4.78 is 29.7. The monoisotopic (exact) mass is 388 g/mol. The van der Waals surface area contributed by atoms with Gasteiger partial charge in [0.05, 0.1) is 17.1 Å². The van der Waals surface area contributed by atoms with Crippen molar-refractivity contribution in [1.29, 1.82) is 0 Å². The third-order valence-electron chi connectivity index (χ3n) is 4.28. The zero-order chi connectivity index (χ0) is 20.0. The summed E-state index contributed by atoms with van der Waals surface area (Å²) in [5, 5.41) is 0. The minimum absolute atomic E-state index is 0.168. The first-order valence-electron chi connectivity index (χ1n) is 8.85. The molecule has 0 N–H and O–H groups in total. The predicted octanol–water partition coefficient (Wildman–Crippen LogP) is 3.54. The summed E-state index contributed by atoms with van der Waals surface area (Å²) >= 11 is 0. The average molecular weight is 388 g/mol. The largest absolute Gasteiger partial charge is 0.454 e. The van der Waals surface area contributed by atoms with Crippen LogP contribution in [0.25, 0.3) is 0 Å². The molecule has 2 aromatic rings. The van der Waals surface area contributed by atoms with Crippen molar-refractivity contribution in [2.24, 2.45) is 0 Å². The molecule has 5 nitrogen and oxygen atoms in total. The fourth-order valence-electron chi connectivity index (χ4n) is 2.53. The molecule has 0 saturated carbocycles. The molecule has 0 heterocycles. The van der Waals surface area contributed by atoms with Gasteiger partial charge in [-0.2, -0.15) is 0 Å². The molecule has 0 radical (unpaired) electrons. The second-order valence-electron chi connectivity index (χ2n) is 6.43. The fraction of sp³-hybridized carbons (Fsp3) is 0.333. The van der Waals surface area contributed by atoms with E-state index in [1.165, 1.54) is 19.1 Å². The van der Waals surface area contributed by atoms with E-state index in [1.807, 2.05) is 26.0 Å². The van der Waals surface area contributed by atoms with E-state index in [1.54, 1.807) is 24.3 Å². The summed E-state index contributed by atoms with van der Waals surface area (Å²) in [7, 11) is -3.57. The Morgan fingerprint density at radius 1 is 1.00 bits per heavy atom. The fourth-order valence-corrected chi connectivity index (χ4v) is 3.75. The number of carbonyl (C=O) groups is 2. The highest BCUT2D eigenvalue weighted by atomic mass is 32.2. The van der Waals surface area contributed by atoms with Crippen LogP contribution in [0.5, 0.6) is 0 Å². The number of benzene rings is 2. The van der Waals surface area contributed by atoms with Gasteiger partial charge in [-0.05, 0) is 38.0 Å². The first-order chi connectivity index (χ1) is 12.7. The lowest BCUT2D eigenvalue weighted by Gasteiger charge is -2.13. The van der Waals surface area contributed by atoms with Gasteiger partial charge in [-0.1, -0.05) is 48.9 Å². The molecule has 0 fully saturated rings. The molecule has 0 amide bonds. The van der Waals surface area contributed by atoms with E-state index in [0.29, 0.717) is 5.56 Å². The van der Waals surface area contributed by atoms with E-state index >= 15 is 0 Å². The summed E-state index contributed by atoms with van der Waals surface area (Å²) in [5.41, 5.74) is 2.52. The second-order valence-corrected chi connectivity index (χ2v) is 8.54. The van der Waals surface area contributed by atoms with E-state index in [0.717, 1.165) is 17.5 Å². The topological polar surface area (TPSA) is 77.5 Å². The van der Waals surface area contributed by atoms with Gasteiger partial charge >= 0.3 is 5.97 Å². The number of hydrogen-bond acceptors (Lipinski definition) is 5. The predicted molar refractivity (Wildman–Crippen MR) is 104 cm³/mol. The van der Waals surface area contributed by atoms with Gasteiger partial charge in [0.25, 0.3) is 0 Å². The third-order valence-corrected chi connectivity index (χ3v) is 6.01. The zero-order valence-corrected chi connectivity index (χ0v) is 16.6. The van der Waals surface area contributed by atoms with Crippen molar-refractivity contribution in [3.63, 3.8) is 0 Å². The summed E-state index contributed by atoms with van der Waals surface area (Å²) in [6.07, 6.45) is -0.399. The van der Waals surface area contributed by atoms with Crippen LogP contribution in [-0.2, 0) is 25.8 Å². The molecule has 0 unspecified atom stereocenters. The number of esters is 1. The molecule has 144 valence electrons. The minimum atomic E-state index is -3.57. The van der Waals surface area contributed by atoms with Gasteiger partial charge in [-0.15, -0.1) is 0 Å². The number of sulfone groups is 1. The highest BCUT2D eigenvalue weighted by Crippen LogP contribution is 2.14. The normalized spacial score (nSPS) is 12.4. The van der Waals surface area contributed by atoms with Gasteiger partial charge in [0.15, 0.2) is 15.9 Å². The van der Waals surface area contributed by atoms with Crippen molar-refractivity contribution in [2.45, 2.75) is 44.6 Å². The Kier molecular flexibility index (Phi) is 6.91. The number of Topliss-reactive ketones (excluding diaryl/α,β-unsaturated/α-hetero) is 1. The molecule has 0 saturated heterocycles. The van der Waals surface area contributed by atoms with E-state index in [2.05, 4.69) is 0 Å². The smallest absolute Gasteiger partial charge is 0.307 e. The first kappa shape index (κ1) is 20.8. The number of aryl methyl sites for hydroxylation is 2. The molecular formula is C21H24O5S. The van der Waals surface area contributed by atoms with Gasteiger partial charge in [0, 0.05) is 5.56 Å². The molecule has 6 heteroatoms. The quantitative estimate of drug-likeness (QED) is 0.511. The third kappa shape index (κ3) is 5.76. The lowest BCUT2D eigenvalue weighted by molar-refractivity contribution is -0.145.